The summed E-state index contributed by atoms with van der Waals surface area (Å²) >= 11 is 0. The quantitative estimate of drug-likeness (QED) is 0.614. The molecule has 3 aromatic rings. The Balaban J connectivity index is 1.20. The van der Waals surface area contributed by atoms with Crippen LogP contribution in [0.5, 0.6) is 17.4 Å². The second-order valence-corrected chi connectivity index (χ2v) is 6.77. The summed E-state index contributed by atoms with van der Waals surface area (Å²) in [5, 5.41) is 0. The minimum Gasteiger partial charge on any atom is -0.484 e. The van der Waals surface area contributed by atoms with Gasteiger partial charge in [-0.3, -0.25) is 9.69 Å². The first-order valence-electron chi connectivity index (χ1n) is 9.60. The van der Waals surface area contributed by atoms with Crippen molar-refractivity contribution in [3.8, 4) is 17.4 Å². The fraction of sp³-hybridized carbons (Fsp3) is 0.273. The number of hydrogen-bond acceptors (Lipinski definition) is 6. The van der Waals surface area contributed by atoms with Gasteiger partial charge in [-0.15, -0.1) is 0 Å². The van der Waals surface area contributed by atoms with E-state index in [1.54, 1.807) is 42.8 Å². The third-order valence-corrected chi connectivity index (χ3v) is 4.73. The predicted octanol–water partition coefficient (Wildman–Crippen LogP) is 3.19. The van der Waals surface area contributed by atoms with Gasteiger partial charge in [0.1, 0.15) is 17.3 Å². The monoisotopic (exact) mass is 393 g/mol. The molecule has 1 aliphatic heterocycles. The predicted molar refractivity (Wildman–Crippen MR) is 107 cm³/mol. The van der Waals surface area contributed by atoms with Crippen molar-refractivity contribution in [3.63, 3.8) is 0 Å². The Morgan fingerprint density at radius 1 is 0.966 bits per heavy atom. The maximum Gasteiger partial charge on any atom is 0.260 e. The highest BCUT2D eigenvalue weighted by Gasteiger charge is 2.21. The SMILES string of the molecule is O=C(COc1ccc(Oc2ccccn2)cc1)N1CCN(Cc2ccco2)CC1. The molecule has 0 saturated carbocycles. The molecule has 4 rings (SSSR count). The minimum atomic E-state index is -0.00328. The van der Waals surface area contributed by atoms with Crippen LogP contribution < -0.4 is 9.47 Å². The van der Waals surface area contributed by atoms with E-state index in [1.165, 1.54) is 0 Å². The van der Waals surface area contributed by atoms with Crippen molar-refractivity contribution in [3.05, 3.63) is 72.8 Å². The lowest BCUT2D eigenvalue weighted by Crippen LogP contribution is -2.49. The number of aromatic nitrogens is 1. The fourth-order valence-corrected chi connectivity index (χ4v) is 3.15. The van der Waals surface area contributed by atoms with Crippen LogP contribution in [0.25, 0.3) is 0 Å². The summed E-state index contributed by atoms with van der Waals surface area (Å²) in [4.78, 5) is 20.7. The number of piperazine rings is 1. The molecular formula is C22H23N3O4. The van der Waals surface area contributed by atoms with E-state index >= 15 is 0 Å². The first-order chi connectivity index (χ1) is 14.3. The highest BCUT2D eigenvalue weighted by molar-refractivity contribution is 5.77. The van der Waals surface area contributed by atoms with Gasteiger partial charge in [-0.25, -0.2) is 4.98 Å². The molecule has 0 radical (unpaired) electrons. The number of furan rings is 1. The molecule has 0 aliphatic carbocycles. The van der Waals surface area contributed by atoms with E-state index in [0.717, 1.165) is 25.4 Å². The molecule has 1 fully saturated rings. The molecule has 150 valence electrons. The maximum absolute atomic E-state index is 12.4. The molecule has 3 heterocycles. The van der Waals surface area contributed by atoms with E-state index < -0.39 is 0 Å². The summed E-state index contributed by atoms with van der Waals surface area (Å²) < 4.78 is 16.7. The van der Waals surface area contributed by atoms with Crippen LogP contribution in [0.15, 0.2) is 71.5 Å². The number of pyridine rings is 1. The summed E-state index contributed by atoms with van der Waals surface area (Å²) in [5.41, 5.74) is 0. The third-order valence-electron chi connectivity index (χ3n) is 4.73. The first kappa shape index (κ1) is 19.0. The van der Waals surface area contributed by atoms with Gasteiger partial charge < -0.3 is 18.8 Å². The number of carbonyl (C=O) groups excluding carboxylic acids is 1. The van der Waals surface area contributed by atoms with Crippen molar-refractivity contribution in [2.24, 2.45) is 0 Å². The van der Waals surface area contributed by atoms with E-state index in [-0.39, 0.29) is 12.5 Å². The Labute approximate surface area is 169 Å². The average Bonchev–Trinajstić information content (AvgIpc) is 3.27. The summed E-state index contributed by atoms with van der Waals surface area (Å²) in [7, 11) is 0. The maximum atomic E-state index is 12.4. The van der Waals surface area contributed by atoms with E-state index in [4.69, 9.17) is 13.9 Å². The molecule has 0 atom stereocenters. The van der Waals surface area contributed by atoms with Crippen LogP contribution in [0.2, 0.25) is 0 Å². The van der Waals surface area contributed by atoms with E-state index in [9.17, 15) is 4.79 Å². The zero-order valence-corrected chi connectivity index (χ0v) is 16.1. The number of hydrogen-bond donors (Lipinski definition) is 0. The molecule has 7 heteroatoms. The standard InChI is InChI=1S/C22H23N3O4/c26-22(25-13-11-24(12-14-25)16-20-4-3-15-27-20)17-28-18-6-8-19(9-7-18)29-21-5-1-2-10-23-21/h1-10,15H,11-14,16-17H2. The van der Waals surface area contributed by atoms with Gasteiger partial charge in [0.05, 0.1) is 12.8 Å². The largest absolute Gasteiger partial charge is 0.484 e. The van der Waals surface area contributed by atoms with Gasteiger partial charge in [-0.2, -0.15) is 0 Å². The van der Waals surface area contributed by atoms with Gasteiger partial charge in [0, 0.05) is 38.4 Å². The average molecular weight is 393 g/mol. The molecule has 0 bridgehead atoms. The second-order valence-electron chi connectivity index (χ2n) is 6.77. The number of nitrogens with zero attached hydrogens (tertiary/aromatic N) is 3. The van der Waals surface area contributed by atoms with Gasteiger partial charge in [0.15, 0.2) is 6.61 Å². The molecular weight excluding hydrogens is 370 g/mol. The molecule has 1 saturated heterocycles. The van der Waals surface area contributed by atoms with E-state index in [0.29, 0.717) is 30.5 Å². The van der Waals surface area contributed by atoms with Gasteiger partial charge in [-0.05, 0) is 42.5 Å². The van der Waals surface area contributed by atoms with Crippen LogP contribution in [0.3, 0.4) is 0 Å². The molecule has 2 aromatic heterocycles. The molecule has 7 nitrogen and oxygen atoms in total. The summed E-state index contributed by atoms with van der Waals surface area (Å²) in [6.07, 6.45) is 3.36. The van der Waals surface area contributed by atoms with E-state index in [1.807, 2.05) is 29.2 Å². The van der Waals surface area contributed by atoms with Gasteiger partial charge in [0.2, 0.25) is 5.88 Å². The van der Waals surface area contributed by atoms with Gasteiger partial charge in [-0.1, -0.05) is 6.07 Å². The van der Waals surface area contributed by atoms with Crippen LogP contribution in [0.1, 0.15) is 5.76 Å². The van der Waals surface area contributed by atoms with Crippen LogP contribution in [0.4, 0.5) is 0 Å². The smallest absolute Gasteiger partial charge is 0.260 e. The van der Waals surface area contributed by atoms with Crippen LogP contribution in [0, 0.1) is 0 Å². The molecule has 29 heavy (non-hydrogen) atoms. The lowest BCUT2D eigenvalue weighted by molar-refractivity contribution is -0.135. The van der Waals surface area contributed by atoms with Crippen molar-refractivity contribution in [2.75, 3.05) is 32.8 Å². The van der Waals surface area contributed by atoms with Crippen molar-refractivity contribution >= 4 is 5.91 Å². The van der Waals surface area contributed by atoms with Crippen LogP contribution >= 0.6 is 0 Å². The summed E-state index contributed by atoms with van der Waals surface area (Å²) in [5.74, 6) is 2.76. The van der Waals surface area contributed by atoms with Gasteiger partial charge in [0.25, 0.3) is 5.91 Å². The second kappa shape index (κ2) is 9.25. The Morgan fingerprint density at radius 3 is 2.45 bits per heavy atom. The number of benzene rings is 1. The van der Waals surface area contributed by atoms with Crippen LogP contribution in [-0.4, -0.2) is 53.5 Å². The molecule has 0 N–H and O–H groups in total. The molecule has 1 aromatic carbocycles. The number of amides is 1. The highest BCUT2D eigenvalue weighted by Crippen LogP contribution is 2.22. The van der Waals surface area contributed by atoms with Crippen molar-refractivity contribution in [2.45, 2.75) is 6.54 Å². The normalized spacial score (nSPS) is 14.6. The van der Waals surface area contributed by atoms with Gasteiger partial charge >= 0.3 is 0 Å². The Kier molecular flexibility index (Phi) is 6.07. The highest BCUT2D eigenvalue weighted by atomic mass is 16.5. The lowest BCUT2D eigenvalue weighted by Gasteiger charge is -2.34. The topological polar surface area (TPSA) is 68.0 Å². The van der Waals surface area contributed by atoms with Crippen molar-refractivity contribution < 1.29 is 18.7 Å². The Morgan fingerprint density at radius 2 is 1.76 bits per heavy atom. The molecule has 1 amide bonds. The Bertz CT molecular complexity index is 890. The van der Waals surface area contributed by atoms with Crippen LogP contribution in [-0.2, 0) is 11.3 Å². The lowest BCUT2D eigenvalue weighted by atomic mass is 10.3. The van der Waals surface area contributed by atoms with Crippen molar-refractivity contribution in [1.29, 1.82) is 0 Å². The first-order valence-corrected chi connectivity index (χ1v) is 9.60. The third kappa shape index (κ3) is 5.36. The number of carbonyl (C=O) groups is 1. The molecule has 0 spiro atoms. The minimum absolute atomic E-state index is 0.00328. The molecule has 1 aliphatic rings. The zero-order chi connectivity index (χ0) is 19.9. The molecule has 0 unspecified atom stereocenters. The van der Waals surface area contributed by atoms with Crippen molar-refractivity contribution in [1.82, 2.24) is 14.8 Å². The fourth-order valence-electron chi connectivity index (χ4n) is 3.15. The number of rotatable bonds is 7. The number of ether oxygens (including phenoxy) is 2. The summed E-state index contributed by atoms with van der Waals surface area (Å²) in [6.45, 7) is 3.84. The summed E-state index contributed by atoms with van der Waals surface area (Å²) in [6, 6.07) is 16.5. The zero-order valence-electron chi connectivity index (χ0n) is 16.1. The van der Waals surface area contributed by atoms with E-state index in [2.05, 4.69) is 9.88 Å². The Hall–Kier alpha value is -3.32.